The first kappa shape index (κ1) is 7.08. The molecule has 1 rings (SSSR count). The van der Waals surface area contributed by atoms with Gasteiger partial charge in [-0.25, -0.2) is 4.79 Å². The molecule has 0 saturated carbocycles. The van der Waals surface area contributed by atoms with Gasteiger partial charge in [0.1, 0.15) is 5.76 Å². The summed E-state index contributed by atoms with van der Waals surface area (Å²) in [4.78, 5) is 10.3. The smallest absolute Gasteiger partial charge is 0.426 e. The lowest BCUT2D eigenvalue weighted by molar-refractivity contribution is 0.136. The minimum Gasteiger partial charge on any atom is -0.426 e. The lowest BCUT2D eigenvalue weighted by Crippen LogP contribution is -1.88. The van der Waals surface area contributed by atoms with Crippen molar-refractivity contribution >= 4 is 6.16 Å². The third-order valence-electron chi connectivity index (χ3n) is 1.05. The van der Waals surface area contributed by atoms with Crippen LogP contribution in [0.15, 0.2) is 11.8 Å². The van der Waals surface area contributed by atoms with Crippen LogP contribution in [0.25, 0.3) is 0 Å². The summed E-state index contributed by atoms with van der Waals surface area (Å²) in [7, 11) is 0. The summed E-state index contributed by atoms with van der Waals surface area (Å²) in [6.07, 6.45) is 1.46. The van der Waals surface area contributed by atoms with Crippen molar-refractivity contribution in [3.63, 3.8) is 0 Å². The van der Waals surface area contributed by atoms with Gasteiger partial charge in [-0.2, -0.15) is 0 Å². The van der Waals surface area contributed by atoms with Gasteiger partial charge >= 0.3 is 6.16 Å². The lowest BCUT2D eigenvalue weighted by Gasteiger charge is -1.88. The molecule has 0 aliphatic carbocycles. The van der Waals surface area contributed by atoms with Crippen LogP contribution in [0.2, 0.25) is 0 Å². The maximum Gasteiger partial charge on any atom is 0.514 e. The molecule has 10 heavy (non-hydrogen) atoms. The maximum absolute atomic E-state index is 10.3. The Hall–Kier alpha value is -1.03. The Morgan fingerprint density at radius 2 is 2.50 bits per heavy atom. The summed E-state index contributed by atoms with van der Waals surface area (Å²) in [5.74, 6) is 0.485. The van der Waals surface area contributed by atoms with Gasteiger partial charge in [-0.3, -0.25) is 0 Å². The number of carbonyl (C=O) groups is 1. The van der Waals surface area contributed by atoms with E-state index in [0.29, 0.717) is 12.2 Å². The summed E-state index contributed by atoms with van der Waals surface area (Å²) < 4.78 is 9.00. The van der Waals surface area contributed by atoms with Gasteiger partial charge in [0.15, 0.2) is 6.61 Å². The van der Waals surface area contributed by atoms with E-state index in [2.05, 4.69) is 9.47 Å². The average Bonchev–Trinajstić information content (AvgIpc) is 2.31. The van der Waals surface area contributed by atoms with Crippen LogP contribution in [0.3, 0.4) is 0 Å². The molecule has 0 atom stereocenters. The van der Waals surface area contributed by atoms with Crippen LogP contribution in [0.4, 0.5) is 4.79 Å². The van der Waals surface area contributed by atoms with Gasteiger partial charge in [0.2, 0.25) is 0 Å². The largest absolute Gasteiger partial charge is 0.514 e. The van der Waals surface area contributed by atoms with Gasteiger partial charge in [0.25, 0.3) is 0 Å². The molecule has 0 spiro atoms. The van der Waals surface area contributed by atoms with Crippen molar-refractivity contribution in [2.24, 2.45) is 0 Å². The Labute approximate surface area is 58.1 Å². The first-order chi connectivity index (χ1) is 4.83. The van der Waals surface area contributed by atoms with Crippen LogP contribution in [-0.2, 0) is 9.47 Å². The third kappa shape index (κ3) is 1.73. The molecule has 56 valence electrons. The van der Waals surface area contributed by atoms with Crippen LogP contribution in [-0.4, -0.2) is 24.5 Å². The minimum atomic E-state index is -0.663. The van der Waals surface area contributed by atoms with Crippen molar-refractivity contribution in [3.8, 4) is 0 Å². The Kier molecular flexibility index (Phi) is 2.28. The van der Waals surface area contributed by atoms with Crippen molar-refractivity contribution in [1.82, 2.24) is 0 Å². The number of hydrogen-bond acceptors (Lipinski definition) is 4. The molecular formula is C6H8O4. The molecule has 0 aromatic carbocycles. The fourth-order valence-electron chi connectivity index (χ4n) is 0.622. The Morgan fingerprint density at radius 3 is 3.00 bits per heavy atom. The van der Waals surface area contributed by atoms with E-state index in [9.17, 15) is 4.79 Å². The van der Waals surface area contributed by atoms with Gasteiger partial charge in [0, 0.05) is 6.61 Å². The second kappa shape index (κ2) is 3.22. The molecule has 1 N–H and O–H groups in total. The molecule has 0 bridgehead atoms. The molecule has 0 amide bonds. The molecular weight excluding hydrogens is 136 g/mol. The summed E-state index contributed by atoms with van der Waals surface area (Å²) in [6.45, 7) is 0.250. The highest BCUT2D eigenvalue weighted by Gasteiger charge is 2.17. The van der Waals surface area contributed by atoms with Crippen molar-refractivity contribution in [3.05, 3.63) is 11.8 Å². The summed E-state index contributed by atoms with van der Waals surface area (Å²) in [5, 5.41) is 8.37. The Bertz CT molecular complexity index is 161. The first-order valence-corrected chi connectivity index (χ1v) is 2.97. The normalized spacial score (nSPS) is 20.9. The minimum absolute atomic E-state index is 0.0566. The van der Waals surface area contributed by atoms with Crippen molar-refractivity contribution < 1.29 is 19.4 Å². The highest BCUT2D eigenvalue weighted by molar-refractivity contribution is 5.64. The molecule has 0 aromatic heterocycles. The second-order valence-electron chi connectivity index (χ2n) is 1.82. The number of aliphatic hydroxyl groups is 1. The number of hydrogen-bond donors (Lipinski definition) is 1. The van der Waals surface area contributed by atoms with Crippen LogP contribution in [0.1, 0.15) is 6.42 Å². The molecule has 1 aliphatic heterocycles. The molecule has 0 radical (unpaired) electrons. The monoisotopic (exact) mass is 144 g/mol. The quantitative estimate of drug-likeness (QED) is 0.570. The zero-order valence-corrected chi connectivity index (χ0v) is 5.37. The summed E-state index contributed by atoms with van der Waals surface area (Å²) >= 11 is 0. The zero-order chi connectivity index (χ0) is 7.40. The molecule has 0 unspecified atom stereocenters. The van der Waals surface area contributed by atoms with Gasteiger partial charge in [-0.1, -0.05) is 0 Å². The molecule has 1 aliphatic rings. The van der Waals surface area contributed by atoms with E-state index in [0.717, 1.165) is 0 Å². The molecule has 0 aromatic rings. The van der Waals surface area contributed by atoms with Crippen LogP contribution in [0.5, 0.6) is 0 Å². The van der Waals surface area contributed by atoms with Crippen molar-refractivity contribution in [1.29, 1.82) is 0 Å². The van der Waals surface area contributed by atoms with Gasteiger partial charge < -0.3 is 14.6 Å². The number of cyclic esters (lactones) is 2. The van der Waals surface area contributed by atoms with Crippen LogP contribution >= 0.6 is 0 Å². The van der Waals surface area contributed by atoms with Crippen LogP contribution in [0, 0.1) is 0 Å². The molecule has 1 fully saturated rings. The van der Waals surface area contributed by atoms with Gasteiger partial charge in [-0.15, -0.1) is 0 Å². The first-order valence-electron chi connectivity index (χ1n) is 2.97. The second-order valence-corrected chi connectivity index (χ2v) is 1.82. The van der Waals surface area contributed by atoms with E-state index in [1.54, 1.807) is 6.08 Å². The van der Waals surface area contributed by atoms with E-state index < -0.39 is 6.16 Å². The van der Waals surface area contributed by atoms with Gasteiger partial charge in [0.05, 0.1) is 0 Å². The predicted octanol–water partition coefficient (Wildman–Crippen LogP) is 0.420. The molecule has 1 heterocycles. The molecule has 1 saturated heterocycles. The van der Waals surface area contributed by atoms with E-state index in [1.807, 2.05) is 0 Å². The third-order valence-corrected chi connectivity index (χ3v) is 1.05. The van der Waals surface area contributed by atoms with Crippen molar-refractivity contribution in [2.75, 3.05) is 13.2 Å². The predicted molar refractivity (Wildman–Crippen MR) is 32.2 cm³/mol. The number of carbonyl (C=O) groups excluding carboxylic acids is 1. The standard InChI is InChI=1S/C6H8O4/c7-3-1-2-5-4-9-6(8)10-5/h2,7H,1,3-4H2/b5-2-. The van der Waals surface area contributed by atoms with Gasteiger partial charge in [-0.05, 0) is 12.5 Å². The average molecular weight is 144 g/mol. The number of rotatable bonds is 2. The van der Waals surface area contributed by atoms with E-state index >= 15 is 0 Å². The highest BCUT2D eigenvalue weighted by Crippen LogP contribution is 2.09. The number of ether oxygens (including phenoxy) is 2. The Balaban J connectivity index is 2.36. The number of aliphatic hydroxyl groups excluding tert-OH is 1. The fraction of sp³-hybridized carbons (Fsp3) is 0.500. The van der Waals surface area contributed by atoms with Crippen molar-refractivity contribution in [2.45, 2.75) is 6.42 Å². The van der Waals surface area contributed by atoms with E-state index in [4.69, 9.17) is 5.11 Å². The van der Waals surface area contributed by atoms with E-state index in [-0.39, 0.29) is 13.2 Å². The van der Waals surface area contributed by atoms with Crippen LogP contribution < -0.4 is 0 Å². The zero-order valence-electron chi connectivity index (χ0n) is 5.37. The topological polar surface area (TPSA) is 55.8 Å². The summed E-state index contributed by atoms with van der Waals surface area (Å²) in [6, 6.07) is 0. The lowest BCUT2D eigenvalue weighted by atomic mass is 10.4. The molecule has 4 heteroatoms. The summed E-state index contributed by atoms with van der Waals surface area (Å²) in [5.41, 5.74) is 0. The Morgan fingerprint density at radius 1 is 1.70 bits per heavy atom. The maximum atomic E-state index is 10.3. The molecule has 4 nitrogen and oxygen atoms in total. The highest BCUT2D eigenvalue weighted by atomic mass is 16.8. The fourth-order valence-corrected chi connectivity index (χ4v) is 0.622. The SMILES string of the molecule is O=C1OC/C(=C/CCO)O1. The van der Waals surface area contributed by atoms with E-state index in [1.165, 1.54) is 0 Å².